The van der Waals surface area contributed by atoms with E-state index < -0.39 is 11.9 Å². The summed E-state index contributed by atoms with van der Waals surface area (Å²) in [5.74, 6) is -0.222. The number of imidazole rings is 1. The molecule has 0 aliphatic rings. The van der Waals surface area contributed by atoms with Crippen LogP contribution in [-0.2, 0) is 11.8 Å². The van der Waals surface area contributed by atoms with Gasteiger partial charge >= 0.3 is 0 Å². The van der Waals surface area contributed by atoms with Crippen LogP contribution in [0.3, 0.4) is 0 Å². The van der Waals surface area contributed by atoms with E-state index in [9.17, 15) is 9.18 Å². The molecule has 0 radical (unpaired) electrons. The molecule has 1 heterocycles. The quantitative estimate of drug-likeness (QED) is 0.687. The molecule has 0 bridgehead atoms. The van der Waals surface area contributed by atoms with Crippen molar-refractivity contribution in [3.63, 3.8) is 0 Å². The van der Waals surface area contributed by atoms with Crippen molar-refractivity contribution in [1.29, 1.82) is 0 Å². The fourth-order valence-corrected chi connectivity index (χ4v) is 2.82. The van der Waals surface area contributed by atoms with Crippen molar-refractivity contribution in [1.82, 2.24) is 14.9 Å². The molecule has 0 saturated heterocycles. The maximum atomic E-state index is 14.3. The van der Waals surface area contributed by atoms with Crippen LogP contribution in [0.15, 0.2) is 67.0 Å². The molecule has 0 spiro atoms. The Balaban J connectivity index is 1.85. The summed E-state index contributed by atoms with van der Waals surface area (Å²) in [6.07, 6.45) is 6.40. The Morgan fingerprint density at radius 3 is 2.77 bits per heavy atom. The fraction of sp³-hybridized carbons (Fsp3) is 0.100. The van der Waals surface area contributed by atoms with Gasteiger partial charge in [0.25, 0.3) is 0 Å². The summed E-state index contributed by atoms with van der Waals surface area (Å²) in [7, 11) is 1.80. The van der Waals surface area contributed by atoms with Crippen LogP contribution in [0.4, 0.5) is 4.39 Å². The zero-order valence-electron chi connectivity index (χ0n) is 14.1. The minimum absolute atomic E-state index is 0.353. The summed E-state index contributed by atoms with van der Waals surface area (Å²) in [4.78, 5) is 16.7. The van der Waals surface area contributed by atoms with Crippen molar-refractivity contribution in [3.05, 3.63) is 94.8 Å². The monoisotopic (exact) mass is 369 g/mol. The van der Waals surface area contributed by atoms with Gasteiger partial charge in [-0.15, -0.1) is 0 Å². The fourth-order valence-electron chi connectivity index (χ4n) is 2.62. The zero-order valence-corrected chi connectivity index (χ0v) is 14.8. The number of carbonyl (C=O) groups excluding carboxylic acids is 1. The molecule has 0 fully saturated rings. The Morgan fingerprint density at radius 2 is 2.08 bits per heavy atom. The molecule has 1 atom stereocenters. The highest BCUT2D eigenvalue weighted by atomic mass is 35.5. The highest BCUT2D eigenvalue weighted by Gasteiger charge is 2.22. The van der Waals surface area contributed by atoms with Gasteiger partial charge in [0.2, 0.25) is 5.91 Å². The van der Waals surface area contributed by atoms with Crippen LogP contribution in [0.5, 0.6) is 0 Å². The van der Waals surface area contributed by atoms with E-state index in [4.69, 9.17) is 11.6 Å². The molecule has 3 aromatic rings. The summed E-state index contributed by atoms with van der Waals surface area (Å²) < 4.78 is 16.0. The van der Waals surface area contributed by atoms with E-state index in [1.54, 1.807) is 66.5 Å². The van der Waals surface area contributed by atoms with Gasteiger partial charge in [0, 0.05) is 36.1 Å². The number of amides is 1. The molecule has 0 unspecified atom stereocenters. The molecule has 0 saturated carbocycles. The normalized spacial score (nSPS) is 12.3. The van der Waals surface area contributed by atoms with E-state index in [1.807, 2.05) is 6.07 Å². The summed E-state index contributed by atoms with van der Waals surface area (Å²) >= 11 is 5.94. The summed E-state index contributed by atoms with van der Waals surface area (Å²) in [6, 6.07) is 12.8. The van der Waals surface area contributed by atoms with Crippen LogP contribution in [0.2, 0.25) is 5.02 Å². The van der Waals surface area contributed by atoms with Crippen LogP contribution in [0.25, 0.3) is 6.08 Å². The van der Waals surface area contributed by atoms with Gasteiger partial charge in [-0.1, -0.05) is 41.9 Å². The number of halogens is 2. The molecular weight excluding hydrogens is 353 g/mol. The van der Waals surface area contributed by atoms with E-state index in [2.05, 4.69) is 10.3 Å². The number of rotatable bonds is 5. The minimum Gasteiger partial charge on any atom is -0.338 e. The molecule has 1 amide bonds. The highest BCUT2D eigenvalue weighted by molar-refractivity contribution is 6.30. The van der Waals surface area contributed by atoms with Gasteiger partial charge in [-0.05, 0) is 29.8 Å². The highest BCUT2D eigenvalue weighted by Crippen LogP contribution is 2.23. The van der Waals surface area contributed by atoms with E-state index in [0.717, 1.165) is 5.56 Å². The Labute approximate surface area is 155 Å². The van der Waals surface area contributed by atoms with Crippen molar-refractivity contribution < 1.29 is 9.18 Å². The van der Waals surface area contributed by atoms with Gasteiger partial charge < -0.3 is 9.88 Å². The van der Waals surface area contributed by atoms with Gasteiger partial charge in [0.1, 0.15) is 17.7 Å². The average Bonchev–Trinajstić information content (AvgIpc) is 3.04. The van der Waals surface area contributed by atoms with Gasteiger partial charge in [-0.2, -0.15) is 0 Å². The predicted octanol–water partition coefficient (Wildman–Crippen LogP) is 4.13. The lowest BCUT2D eigenvalue weighted by atomic mass is 10.1. The lowest BCUT2D eigenvalue weighted by Crippen LogP contribution is -2.30. The Hall–Kier alpha value is -2.92. The van der Waals surface area contributed by atoms with Crippen LogP contribution in [-0.4, -0.2) is 15.5 Å². The number of hydrogen-bond acceptors (Lipinski definition) is 2. The van der Waals surface area contributed by atoms with E-state index in [-0.39, 0.29) is 5.91 Å². The smallest absolute Gasteiger partial charge is 0.244 e. The molecule has 26 heavy (non-hydrogen) atoms. The Morgan fingerprint density at radius 1 is 1.27 bits per heavy atom. The van der Waals surface area contributed by atoms with E-state index in [0.29, 0.717) is 16.4 Å². The first-order valence-corrected chi connectivity index (χ1v) is 8.38. The van der Waals surface area contributed by atoms with Crippen molar-refractivity contribution in [2.24, 2.45) is 7.05 Å². The number of nitrogens with zero attached hydrogens (tertiary/aromatic N) is 2. The second-order valence-corrected chi connectivity index (χ2v) is 6.18. The van der Waals surface area contributed by atoms with Crippen molar-refractivity contribution >= 4 is 23.6 Å². The summed E-state index contributed by atoms with van der Waals surface area (Å²) in [5.41, 5.74) is 1.15. The van der Waals surface area contributed by atoms with Crippen LogP contribution in [0, 0.1) is 5.82 Å². The third-order valence-corrected chi connectivity index (χ3v) is 4.13. The molecule has 4 nitrogen and oxygen atoms in total. The number of hydrogen-bond donors (Lipinski definition) is 1. The third kappa shape index (κ3) is 4.18. The molecule has 1 N–H and O–H groups in total. The maximum absolute atomic E-state index is 14.3. The number of aryl methyl sites for hydroxylation is 1. The first-order valence-electron chi connectivity index (χ1n) is 8.00. The van der Waals surface area contributed by atoms with Crippen molar-refractivity contribution in [2.75, 3.05) is 0 Å². The van der Waals surface area contributed by atoms with E-state index in [1.165, 1.54) is 12.1 Å². The molecule has 2 aromatic carbocycles. The van der Waals surface area contributed by atoms with Gasteiger partial charge in [-0.25, -0.2) is 9.37 Å². The Kier molecular flexibility index (Phi) is 5.49. The number of nitrogens with one attached hydrogen (secondary N) is 1. The molecular formula is C20H17ClFN3O. The zero-order chi connectivity index (χ0) is 18.5. The molecule has 0 aliphatic heterocycles. The number of benzene rings is 2. The molecule has 132 valence electrons. The molecule has 6 heteroatoms. The second kappa shape index (κ2) is 7.97. The Bertz CT molecular complexity index is 951. The van der Waals surface area contributed by atoms with Gasteiger partial charge in [0.15, 0.2) is 0 Å². The molecule has 0 aliphatic carbocycles. The first-order chi connectivity index (χ1) is 12.5. The SMILES string of the molecule is Cn1ccnc1[C@H](NC(=O)/C=C/c1cccc(Cl)c1)c1ccccc1F. The largest absolute Gasteiger partial charge is 0.338 e. The van der Waals surface area contributed by atoms with Crippen molar-refractivity contribution in [2.45, 2.75) is 6.04 Å². The second-order valence-electron chi connectivity index (χ2n) is 5.75. The van der Waals surface area contributed by atoms with Gasteiger partial charge in [-0.3, -0.25) is 4.79 Å². The number of aromatic nitrogens is 2. The summed E-state index contributed by atoms with van der Waals surface area (Å²) in [5, 5.41) is 3.41. The van der Waals surface area contributed by atoms with Crippen LogP contribution < -0.4 is 5.32 Å². The van der Waals surface area contributed by atoms with Crippen molar-refractivity contribution in [3.8, 4) is 0 Å². The third-order valence-electron chi connectivity index (χ3n) is 3.90. The maximum Gasteiger partial charge on any atom is 0.244 e. The van der Waals surface area contributed by atoms with Crippen LogP contribution in [0.1, 0.15) is 23.0 Å². The predicted molar refractivity (Wildman–Crippen MR) is 100 cm³/mol. The molecule has 3 rings (SSSR count). The lowest BCUT2D eigenvalue weighted by molar-refractivity contribution is -0.117. The van der Waals surface area contributed by atoms with E-state index >= 15 is 0 Å². The summed E-state index contributed by atoms with van der Waals surface area (Å²) in [6.45, 7) is 0. The standard InChI is InChI=1S/C20H17ClFN3O/c1-25-12-11-23-20(25)19(16-7-2-3-8-17(16)22)24-18(26)10-9-14-5-4-6-15(21)13-14/h2-13,19H,1H3,(H,24,26)/b10-9+/t19-/m1/s1. The van der Waals surface area contributed by atoms with Gasteiger partial charge in [0.05, 0.1) is 0 Å². The molecule has 1 aromatic heterocycles. The van der Waals surface area contributed by atoms with Crippen LogP contribution >= 0.6 is 11.6 Å². The number of carbonyl (C=O) groups is 1. The minimum atomic E-state index is -0.701. The first kappa shape index (κ1) is 17.9. The lowest BCUT2D eigenvalue weighted by Gasteiger charge is -2.18. The average molecular weight is 370 g/mol. The topological polar surface area (TPSA) is 46.9 Å².